The van der Waals surface area contributed by atoms with Gasteiger partial charge in [0.15, 0.2) is 0 Å². The van der Waals surface area contributed by atoms with E-state index < -0.39 is 28.5 Å². The zero-order valence-electron chi connectivity index (χ0n) is 27.0. The van der Waals surface area contributed by atoms with Gasteiger partial charge in [-0.15, -0.1) is 24.7 Å². The highest BCUT2D eigenvalue weighted by Crippen LogP contribution is 2.40. The number of carbonyl (C=O) groups excluding carboxylic acids is 2. The van der Waals surface area contributed by atoms with E-state index in [1.807, 2.05) is 0 Å². The fourth-order valence-corrected chi connectivity index (χ4v) is 7.99. The van der Waals surface area contributed by atoms with Gasteiger partial charge in [0.05, 0.1) is 12.1 Å². The summed E-state index contributed by atoms with van der Waals surface area (Å²) in [5.41, 5.74) is 0. The summed E-state index contributed by atoms with van der Waals surface area (Å²) in [5.74, 6) is 2.69. The Morgan fingerprint density at radius 1 is 0.660 bits per heavy atom. The summed E-state index contributed by atoms with van der Waals surface area (Å²) in [7, 11) is -0.558. The quantitative estimate of drug-likeness (QED) is 0.323. The van der Waals surface area contributed by atoms with Gasteiger partial charge in [0.1, 0.15) is 12.1 Å². The highest BCUT2D eigenvalue weighted by molar-refractivity contribution is 7.80. The Morgan fingerprint density at radius 2 is 1.08 bits per heavy atom. The predicted octanol–water partition coefficient (Wildman–Crippen LogP) is 3.04. The molecule has 8 heterocycles. The van der Waals surface area contributed by atoms with Crippen LogP contribution in [0.2, 0.25) is 0 Å². The van der Waals surface area contributed by atoms with Gasteiger partial charge >= 0.3 is 22.5 Å². The second-order valence-corrected chi connectivity index (χ2v) is 14.7. The molecule has 280 valence electrons. The molecule has 6 aliphatic rings. The lowest BCUT2D eigenvalue weighted by Crippen LogP contribution is -2.35. The van der Waals surface area contributed by atoms with Crippen molar-refractivity contribution < 1.29 is 40.9 Å². The van der Waals surface area contributed by atoms with E-state index in [2.05, 4.69) is 48.6 Å². The molecule has 0 radical (unpaired) electrons. The van der Waals surface area contributed by atoms with E-state index >= 15 is 0 Å². The molecule has 0 aromatic carbocycles. The number of fused-ring (bicyclic) bond motifs is 4. The summed E-state index contributed by atoms with van der Waals surface area (Å²) in [4.78, 5) is 32.1. The molecule has 0 aliphatic carbocycles. The van der Waals surface area contributed by atoms with Gasteiger partial charge in [-0.25, -0.2) is 14.7 Å². The number of rotatable bonds is 6. The van der Waals surface area contributed by atoms with Crippen molar-refractivity contribution in [3.05, 3.63) is 23.6 Å². The van der Waals surface area contributed by atoms with Crippen LogP contribution in [-0.4, -0.2) is 146 Å². The number of hydrogen-bond acceptors (Lipinski definition) is 14. The average Bonchev–Trinajstić information content (AvgIpc) is 3.85. The Kier molecular flexibility index (Phi) is 11.4. The van der Waals surface area contributed by atoms with Gasteiger partial charge in [-0.2, -0.15) is 13.5 Å². The van der Waals surface area contributed by atoms with E-state index in [-0.39, 0.29) is 45.4 Å². The van der Waals surface area contributed by atoms with Crippen LogP contribution in [0.3, 0.4) is 0 Å². The maximum absolute atomic E-state index is 12.4. The molecule has 0 saturated carbocycles. The molecule has 4 atom stereocenters. The summed E-state index contributed by atoms with van der Waals surface area (Å²) in [5, 5.41) is 28.0. The van der Waals surface area contributed by atoms with Gasteiger partial charge in [0.2, 0.25) is 23.6 Å². The number of urea groups is 2. The lowest BCUT2D eigenvalue weighted by Gasteiger charge is -2.28. The van der Waals surface area contributed by atoms with Crippen LogP contribution in [0.4, 0.5) is 9.59 Å². The van der Waals surface area contributed by atoms with Crippen LogP contribution in [0.5, 0.6) is 0 Å². The molecular formula is C30H50N10O9S. The number of hydrogen-bond donors (Lipinski definition) is 2. The Morgan fingerprint density at radius 3 is 1.56 bits per heavy atom. The van der Waals surface area contributed by atoms with Crippen LogP contribution >= 0.6 is 0 Å². The van der Waals surface area contributed by atoms with Crippen molar-refractivity contribution in [3.63, 3.8) is 0 Å². The minimum atomic E-state index is -4.75. The van der Waals surface area contributed by atoms with Crippen LogP contribution in [0.25, 0.3) is 0 Å². The SMILES string of the molecule is C.C.CN1CCC(c2nnc([C@@H]3CC[C@@H]4CN3C(=O)N4O)o2)CC1.CN1CCC(c2nnc([C@@H]3CC[C@@H]4CN3C(=O)N4OS(=O)(=O)O)o2)CC1. The molecule has 0 unspecified atom stereocenters. The van der Waals surface area contributed by atoms with E-state index in [1.165, 1.54) is 4.90 Å². The minimum Gasteiger partial charge on any atom is -0.423 e. The van der Waals surface area contributed by atoms with Crippen molar-refractivity contribution >= 4 is 22.5 Å². The second kappa shape index (κ2) is 15.0. The molecule has 6 aliphatic heterocycles. The number of piperidine rings is 4. The molecular weight excluding hydrogens is 676 g/mol. The third-order valence-corrected chi connectivity index (χ3v) is 10.8. The summed E-state index contributed by atoms with van der Waals surface area (Å²) >= 11 is 0. The molecule has 2 aromatic heterocycles. The van der Waals surface area contributed by atoms with Crippen LogP contribution in [0.1, 0.15) is 114 Å². The van der Waals surface area contributed by atoms with Crippen LogP contribution in [0, 0.1) is 0 Å². The largest absolute Gasteiger partial charge is 0.423 e. The highest BCUT2D eigenvalue weighted by atomic mass is 32.3. The summed E-state index contributed by atoms with van der Waals surface area (Å²) in [6.07, 6.45) is 6.52. The molecule has 6 saturated heterocycles. The minimum absolute atomic E-state index is 0. The van der Waals surface area contributed by atoms with Crippen molar-refractivity contribution in [2.24, 2.45) is 0 Å². The zero-order chi connectivity index (χ0) is 33.7. The third kappa shape index (κ3) is 7.59. The fourth-order valence-electron chi connectivity index (χ4n) is 7.60. The topological polar surface area (TPSA) is 215 Å². The molecule has 2 aromatic rings. The fraction of sp³-hybridized carbons (Fsp3) is 0.800. The zero-order valence-corrected chi connectivity index (χ0v) is 27.8. The van der Waals surface area contributed by atoms with Crippen LogP contribution in [0.15, 0.2) is 8.83 Å². The molecule has 19 nitrogen and oxygen atoms in total. The van der Waals surface area contributed by atoms with E-state index in [4.69, 9.17) is 13.4 Å². The first-order valence-corrected chi connectivity index (χ1v) is 17.9. The van der Waals surface area contributed by atoms with E-state index in [0.717, 1.165) is 69.8 Å². The van der Waals surface area contributed by atoms with Crippen LogP contribution in [-0.2, 0) is 14.7 Å². The molecule has 20 heteroatoms. The molecule has 0 spiro atoms. The van der Waals surface area contributed by atoms with Crippen molar-refractivity contribution in [1.82, 2.24) is 50.1 Å². The van der Waals surface area contributed by atoms with Gasteiger partial charge in [-0.1, -0.05) is 14.9 Å². The van der Waals surface area contributed by atoms with Gasteiger partial charge in [-0.3, -0.25) is 9.76 Å². The average molecular weight is 727 g/mol. The second-order valence-electron chi connectivity index (χ2n) is 13.6. The number of hydroxylamine groups is 4. The number of likely N-dealkylation sites (tertiary alicyclic amines) is 2. The Hall–Kier alpha value is -3.43. The highest BCUT2D eigenvalue weighted by Gasteiger charge is 2.50. The molecule has 4 amide bonds. The maximum Gasteiger partial charge on any atom is 0.418 e. The first-order chi connectivity index (χ1) is 22.9. The Labute approximate surface area is 292 Å². The van der Waals surface area contributed by atoms with Gasteiger partial charge < -0.3 is 28.4 Å². The molecule has 8 rings (SSSR count). The third-order valence-electron chi connectivity index (χ3n) is 10.5. The number of nitrogens with zero attached hydrogens (tertiary/aromatic N) is 10. The van der Waals surface area contributed by atoms with Crippen molar-refractivity contribution in [3.8, 4) is 0 Å². The normalized spacial score (nSPS) is 28.0. The monoisotopic (exact) mass is 726 g/mol. The molecule has 50 heavy (non-hydrogen) atoms. The van der Waals surface area contributed by atoms with Gasteiger partial charge in [0.25, 0.3) is 0 Å². The predicted molar refractivity (Wildman–Crippen MR) is 175 cm³/mol. The standard InChI is InChI=1S/C14H21N5O6S.C14H21N5O3.2CH4/c1-17-6-4-9(5-7-17)12-15-16-13(24-12)11-3-2-10-8-18(11)14(20)19(10)25-26(21,22)23;1-17-6-4-9(5-7-17)12-15-16-13(22-12)11-3-2-10-8-18(11)14(20)19(10)21;;/h9-11H,2-8H2,1H3,(H,21,22,23);9-11,21H,2-8H2,1H3;2*1H4/t2*10-,11+;;/m11../s1. The molecule has 4 bridgehead atoms. The van der Waals surface area contributed by atoms with Crippen molar-refractivity contribution in [1.29, 1.82) is 0 Å². The summed E-state index contributed by atoms with van der Waals surface area (Å²) in [6, 6.07) is -2.13. The van der Waals surface area contributed by atoms with E-state index in [0.29, 0.717) is 53.9 Å². The van der Waals surface area contributed by atoms with Gasteiger partial charge in [0, 0.05) is 24.9 Å². The number of amides is 4. The first-order valence-electron chi connectivity index (χ1n) is 16.5. The smallest absolute Gasteiger partial charge is 0.418 e. The Bertz CT molecular complexity index is 1590. The molecule has 6 fully saturated rings. The number of carbonyl (C=O) groups is 2. The van der Waals surface area contributed by atoms with Crippen LogP contribution < -0.4 is 0 Å². The number of aromatic nitrogens is 4. The lowest BCUT2D eigenvalue weighted by molar-refractivity contribution is -0.0584. The van der Waals surface area contributed by atoms with Gasteiger partial charge in [-0.05, 0) is 91.6 Å². The molecule has 2 N–H and O–H groups in total. The van der Waals surface area contributed by atoms with E-state index in [9.17, 15) is 23.2 Å². The van der Waals surface area contributed by atoms with Crippen molar-refractivity contribution in [2.75, 3.05) is 53.4 Å². The lowest BCUT2D eigenvalue weighted by atomic mass is 9.97. The summed E-state index contributed by atoms with van der Waals surface area (Å²) < 4.78 is 46.9. The Balaban J connectivity index is 0.000000189. The van der Waals surface area contributed by atoms with E-state index in [1.54, 1.807) is 4.90 Å². The first kappa shape index (κ1) is 37.8. The summed E-state index contributed by atoms with van der Waals surface area (Å²) in [6.45, 7) is 4.84. The maximum atomic E-state index is 12.4. The van der Waals surface area contributed by atoms with Crippen molar-refractivity contribution in [2.45, 2.75) is 102 Å².